The molecule has 1 aliphatic rings. The minimum absolute atomic E-state index is 0.136. The smallest absolute Gasteiger partial charge is 0.278 e. The molecular formula is C24H30N4O2. The normalized spacial score (nSPS) is 15.6. The molecule has 2 aromatic heterocycles. The number of carbonyl (C=O) groups excluding carboxylic acids is 1. The average molecular weight is 407 g/mol. The summed E-state index contributed by atoms with van der Waals surface area (Å²) in [7, 11) is 0. The topological polar surface area (TPSA) is 73.0 Å². The van der Waals surface area contributed by atoms with Crippen LogP contribution in [-0.4, -0.2) is 20.8 Å². The van der Waals surface area contributed by atoms with Crippen LogP contribution in [0.3, 0.4) is 0 Å². The predicted octanol–water partition coefficient (Wildman–Crippen LogP) is 4.98. The van der Waals surface area contributed by atoms with Gasteiger partial charge in [-0.05, 0) is 34.8 Å². The van der Waals surface area contributed by atoms with Gasteiger partial charge in [0.2, 0.25) is 0 Å². The average Bonchev–Trinajstić information content (AvgIpc) is 3.27. The molecule has 4 rings (SSSR count). The summed E-state index contributed by atoms with van der Waals surface area (Å²) in [6.07, 6.45) is 6.18. The maximum Gasteiger partial charge on any atom is 0.278 e. The minimum atomic E-state index is -0.244. The molecule has 158 valence electrons. The van der Waals surface area contributed by atoms with Crippen molar-refractivity contribution in [1.29, 1.82) is 0 Å². The van der Waals surface area contributed by atoms with E-state index < -0.39 is 0 Å². The van der Waals surface area contributed by atoms with Gasteiger partial charge in [0.15, 0.2) is 5.69 Å². The molecule has 3 aromatic rings. The minimum Gasteiger partial charge on any atom is -0.360 e. The van der Waals surface area contributed by atoms with Crippen molar-refractivity contribution in [2.24, 2.45) is 5.41 Å². The van der Waals surface area contributed by atoms with Crippen molar-refractivity contribution in [3.63, 3.8) is 0 Å². The Morgan fingerprint density at radius 2 is 1.97 bits per heavy atom. The number of nitrogens with one attached hydrogen (secondary N) is 1. The molecule has 0 saturated heterocycles. The lowest BCUT2D eigenvalue weighted by Gasteiger charge is -2.28. The van der Waals surface area contributed by atoms with Crippen LogP contribution in [-0.2, 0) is 24.8 Å². The first-order valence-electron chi connectivity index (χ1n) is 10.5. The molecule has 0 atom stereocenters. The first-order valence-corrected chi connectivity index (χ1v) is 10.5. The van der Waals surface area contributed by atoms with E-state index in [2.05, 4.69) is 74.5 Å². The fraction of sp³-hybridized carbons (Fsp3) is 0.458. The molecule has 6 heteroatoms. The summed E-state index contributed by atoms with van der Waals surface area (Å²) in [5.74, 6) is 0.598. The SMILES string of the molecule is CC1(C)CCc2onc(C(=O)Nc3cnn(Cc4ccc(C(C)(C)C)cc4)c3)c2C1. The third kappa shape index (κ3) is 4.32. The Balaban J connectivity index is 1.43. The zero-order chi connectivity index (χ0) is 21.5. The molecule has 0 spiro atoms. The molecule has 0 unspecified atom stereocenters. The molecule has 6 nitrogen and oxygen atoms in total. The Bertz CT molecular complexity index is 1050. The van der Waals surface area contributed by atoms with Crippen LogP contribution in [0.15, 0.2) is 41.2 Å². The number of nitrogens with zero attached hydrogens (tertiary/aromatic N) is 3. The Kier molecular flexibility index (Phi) is 5.04. The van der Waals surface area contributed by atoms with Crippen molar-refractivity contribution in [1.82, 2.24) is 14.9 Å². The number of amides is 1. The van der Waals surface area contributed by atoms with Crippen molar-refractivity contribution in [3.05, 3.63) is 64.8 Å². The summed E-state index contributed by atoms with van der Waals surface area (Å²) in [4.78, 5) is 12.8. The molecule has 0 saturated carbocycles. The van der Waals surface area contributed by atoms with Crippen LogP contribution < -0.4 is 5.32 Å². The molecule has 1 aliphatic carbocycles. The maximum atomic E-state index is 12.8. The number of aromatic nitrogens is 3. The van der Waals surface area contributed by atoms with E-state index in [1.165, 1.54) is 5.56 Å². The summed E-state index contributed by atoms with van der Waals surface area (Å²) in [6, 6.07) is 8.58. The highest BCUT2D eigenvalue weighted by atomic mass is 16.5. The summed E-state index contributed by atoms with van der Waals surface area (Å²) >= 11 is 0. The van der Waals surface area contributed by atoms with Gasteiger partial charge in [0.05, 0.1) is 18.4 Å². The van der Waals surface area contributed by atoms with Crippen molar-refractivity contribution in [2.75, 3.05) is 5.32 Å². The highest BCUT2D eigenvalue weighted by Crippen LogP contribution is 2.36. The first kappa shape index (κ1) is 20.4. The molecule has 30 heavy (non-hydrogen) atoms. The van der Waals surface area contributed by atoms with Crippen molar-refractivity contribution in [2.45, 2.75) is 65.8 Å². The summed E-state index contributed by atoms with van der Waals surface area (Å²) in [5.41, 5.74) is 4.74. The molecular weight excluding hydrogens is 376 g/mol. The van der Waals surface area contributed by atoms with E-state index in [0.29, 0.717) is 17.9 Å². The fourth-order valence-corrected chi connectivity index (χ4v) is 3.92. The van der Waals surface area contributed by atoms with E-state index in [-0.39, 0.29) is 16.7 Å². The zero-order valence-electron chi connectivity index (χ0n) is 18.5. The number of aryl methyl sites for hydroxylation is 1. The highest BCUT2D eigenvalue weighted by molar-refractivity contribution is 6.03. The van der Waals surface area contributed by atoms with E-state index in [9.17, 15) is 4.79 Å². The van der Waals surface area contributed by atoms with Crippen molar-refractivity contribution < 1.29 is 9.32 Å². The third-order valence-electron chi connectivity index (χ3n) is 5.82. The number of hydrogen-bond donors (Lipinski definition) is 1. The molecule has 0 bridgehead atoms. The maximum absolute atomic E-state index is 12.8. The number of anilines is 1. The second kappa shape index (κ2) is 7.42. The largest absolute Gasteiger partial charge is 0.360 e. The van der Waals surface area contributed by atoms with E-state index >= 15 is 0 Å². The number of rotatable bonds is 4. The Morgan fingerprint density at radius 3 is 2.67 bits per heavy atom. The molecule has 2 heterocycles. The van der Waals surface area contributed by atoms with Crippen LogP contribution in [0.2, 0.25) is 0 Å². The number of carbonyl (C=O) groups is 1. The van der Waals surface area contributed by atoms with Gasteiger partial charge in [0.25, 0.3) is 5.91 Å². The summed E-state index contributed by atoms with van der Waals surface area (Å²) < 4.78 is 7.25. The second-order valence-corrected chi connectivity index (χ2v) is 10.1. The lowest BCUT2D eigenvalue weighted by molar-refractivity contribution is 0.101. The van der Waals surface area contributed by atoms with Gasteiger partial charge in [-0.3, -0.25) is 9.48 Å². The van der Waals surface area contributed by atoms with Gasteiger partial charge >= 0.3 is 0 Å². The van der Waals surface area contributed by atoms with Gasteiger partial charge in [-0.2, -0.15) is 5.10 Å². The lowest BCUT2D eigenvalue weighted by Crippen LogP contribution is -2.24. The standard InChI is InChI=1S/C24H30N4O2/c1-23(2,3)17-8-6-16(7-9-17)14-28-15-18(13-25-28)26-22(29)21-19-12-24(4,5)11-10-20(19)30-27-21/h6-9,13,15H,10-12,14H2,1-5H3,(H,26,29). The molecule has 1 amide bonds. The number of hydrogen-bond acceptors (Lipinski definition) is 4. The van der Waals surface area contributed by atoms with E-state index in [1.54, 1.807) is 6.20 Å². The lowest BCUT2D eigenvalue weighted by atomic mass is 9.76. The van der Waals surface area contributed by atoms with Crippen LogP contribution in [0.1, 0.15) is 74.0 Å². The van der Waals surface area contributed by atoms with Gasteiger partial charge in [-0.25, -0.2) is 0 Å². The Hall–Kier alpha value is -2.89. The highest BCUT2D eigenvalue weighted by Gasteiger charge is 2.32. The van der Waals surface area contributed by atoms with Crippen molar-refractivity contribution >= 4 is 11.6 Å². The van der Waals surface area contributed by atoms with Crippen LogP contribution in [0.4, 0.5) is 5.69 Å². The quantitative estimate of drug-likeness (QED) is 0.663. The van der Waals surface area contributed by atoms with Crippen LogP contribution in [0.5, 0.6) is 0 Å². The van der Waals surface area contributed by atoms with Gasteiger partial charge in [0, 0.05) is 18.2 Å². The van der Waals surface area contributed by atoms with Crippen molar-refractivity contribution in [3.8, 4) is 0 Å². The summed E-state index contributed by atoms with van der Waals surface area (Å²) in [5, 5.41) is 11.3. The van der Waals surface area contributed by atoms with E-state index in [4.69, 9.17) is 4.52 Å². The predicted molar refractivity (Wildman–Crippen MR) is 117 cm³/mol. The second-order valence-electron chi connectivity index (χ2n) is 10.1. The monoisotopic (exact) mass is 406 g/mol. The Labute approximate surface area is 177 Å². The molecule has 1 aromatic carbocycles. The van der Waals surface area contributed by atoms with E-state index in [1.807, 2.05) is 10.9 Å². The first-order chi connectivity index (χ1) is 14.1. The zero-order valence-corrected chi connectivity index (χ0v) is 18.5. The van der Waals surface area contributed by atoms with Gasteiger partial charge < -0.3 is 9.84 Å². The molecule has 0 fully saturated rings. The third-order valence-corrected chi connectivity index (χ3v) is 5.82. The van der Waals surface area contributed by atoms with E-state index in [0.717, 1.165) is 36.1 Å². The van der Waals surface area contributed by atoms with Crippen LogP contribution >= 0.6 is 0 Å². The number of benzene rings is 1. The van der Waals surface area contributed by atoms with Crippen LogP contribution in [0.25, 0.3) is 0 Å². The molecule has 0 aliphatic heterocycles. The van der Waals surface area contributed by atoms with Crippen LogP contribution in [0, 0.1) is 5.41 Å². The number of fused-ring (bicyclic) bond motifs is 1. The Morgan fingerprint density at radius 1 is 1.23 bits per heavy atom. The summed E-state index contributed by atoms with van der Waals surface area (Å²) in [6.45, 7) is 11.7. The van der Waals surface area contributed by atoms with Gasteiger partial charge in [-0.15, -0.1) is 0 Å². The van der Waals surface area contributed by atoms with Gasteiger partial charge in [0.1, 0.15) is 5.76 Å². The van der Waals surface area contributed by atoms with Gasteiger partial charge in [-0.1, -0.05) is 64.0 Å². The molecule has 0 radical (unpaired) electrons. The molecule has 1 N–H and O–H groups in total. The fourth-order valence-electron chi connectivity index (χ4n) is 3.92.